The third kappa shape index (κ3) is 2.80. The molecule has 0 aromatic carbocycles. The van der Waals surface area contributed by atoms with E-state index in [9.17, 15) is 10.1 Å². The van der Waals surface area contributed by atoms with Crippen molar-refractivity contribution in [1.29, 1.82) is 0 Å². The van der Waals surface area contributed by atoms with Gasteiger partial charge in [-0.15, -0.1) is 5.10 Å². The van der Waals surface area contributed by atoms with E-state index in [4.69, 9.17) is 0 Å². The molecule has 1 unspecified atom stereocenters. The topological polar surface area (TPSA) is 73.0 Å². The van der Waals surface area contributed by atoms with E-state index in [-0.39, 0.29) is 16.7 Å². The maximum absolute atomic E-state index is 10.9. The Morgan fingerprint density at radius 2 is 2.17 bits per heavy atom. The van der Waals surface area contributed by atoms with E-state index in [0.717, 1.165) is 0 Å². The molecule has 100 valence electrons. The molecule has 1 saturated carbocycles. The van der Waals surface area contributed by atoms with E-state index in [2.05, 4.69) is 17.3 Å². The van der Waals surface area contributed by atoms with Crippen molar-refractivity contribution in [2.45, 2.75) is 45.1 Å². The lowest BCUT2D eigenvalue weighted by Gasteiger charge is -2.28. The molecule has 6 nitrogen and oxygen atoms in total. The van der Waals surface area contributed by atoms with Crippen LogP contribution in [0.2, 0.25) is 0 Å². The molecule has 0 radical (unpaired) electrons. The summed E-state index contributed by atoms with van der Waals surface area (Å²) in [6, 6.07) is 0.235. The average Bonchev–Trinajstić information content (AvgIpc) is 2.71. The Hall–Kier alpha value is -1.59. The largest absolute Gasteiger partial charge is 0.360 e. The lowest BCUT2D eigenvalue weighted by atomic mass is 9.84. The zero-order valence-electron chi connectivity index (χ0n) is 10.9. The number of aromatic nitrogens is 2. The van der Waals surface area contributed by atoms with Crippen molar-refractivity contribution in [3.05, 3.63) is 16.3 Å². The molecule has 2 rings (SSSR count). The fourth-order valence-corrected chi connectivity index (χ4v) is 2.68. The molecule has 1 aromatic heterocycles. The Morgan fingerprint density at radius 1 is 1.50 bits per heavy atom. The number of rotatable bonds is 4. The normalized spacial score (nSPS) is 18.6. The summed E-state index contributed by atoms with van der Waals surface area (Å²) in [4.78, 5) is 10.5. The van der Waals surface area contributed by atoms with Crippen LogP contribution < -0.4 is 5.32 Å². The van der Waals surface area contributed by atoms with Crippen LogP contribution in [-0.2, 0) is 7.05 Å². The standard InChI is InChI=1S/C12H20N4O2/c1-9(10-6-4-3-5-7-10)13-12-11(16(17)18)8-15(2)14-12/h8-10H,3-7H2,1-2H3,(H,13,14). The zero-order chi connectivity index (χ0) is 13.1. The van der Waals surface area contributed by atoms with Crippen molar-refractivity contribution in [3.63, 3.8) is 0 Å². The summed E-state index contributed by atoms with van der Waals surface area (Å²) in [5, 5.41) is 18.2. The third-order valence-electron chi connectivity index (χ3n) is 3.73. The van der Waals surface area contributed by atoms with E-state index >= 15 is 0 Å². The molecule has 1 heterocycles. The van der Waals surface area contributed by atoms with Crippen molar-refractivity contribution < 1.29 is 4.92 Å². The van der Waals surface area contributed by atoms with Gasteiger partial charge in [0.05, 0.1) is 4.92 Å². The molecule has 1 aliphatic rings. The molecule has 18 heavy (non-hydrogen) atoms. The summed E-state index contributed by atoms with van der Waals surface area (Å²) < 4.78 is 1.48. The highest BCUT2D eigenvalue weighted by atomic mass is 16.6. The Morgan fingerprint density at radius 3 is 2.78 bits per heavy atom. The number of nitrogens with one attached hydrogen (secondary N) is 1. The molecule has 0 bridgehead atoms. The SMILES string of the molecule is CC(Nc1nn(C)cc1[N+](=O)[O-])C1CCCCC1. The minimum Gasteiger partial charge on any atom is -0.360 e. The van der Waals surface area contributed by atoms with Gasteiger partial charge in [0.25, 0.3) is 0 Å². The number of nitrogens with zero attached hydrogens (tertiary/aromatic N) is 3. The van der Waals surface area contributed by atoms with Gasteiger partial charge in [-0.1, -0.05) is 19.3 Å². The van der Waals surface area contributed by atoms with Gasteiger partial charge in [-0.3, -0.25) is 14.8 Å². The summed E-state index contributed by atoms with van der Waals surface area (Å²) in [6.45, 7) is 2.09. The molecule has 1 atom stereocenters. The summed E-state index contributed by atoms with van der Waals surface area (Å²) in [6.07, 6.45) is 7.69. The molecule has 1 fully saturated rings. The smallest absolute Gasteiger partial charge is 0.330 e. The van der Waals surface area contributed by atoms with Gasteiger partial charge < -0.3 is 5.32 Å². The number of hydrogen-bond acceptors (Lipinski definition) is 4. The first-order valence-corrected chi connectivity index (χ1v) is 6.52. The Kier molecular flexibility index (Phi) is 3.84. The van der Waals surface area contributed by atoms with Gasteiger partial charge in [0, 0.05) is 13.1 Å². The first-order chi connectivity index (χ1) is 8.58. The molecule has 1 aliphatic carbocycles. The van der Waals surface area contributed by atoms with E-state index in [0.29, 0.717) is 11.7 Å². The molecular formula is C12H20N4O2. The molecule has 0 amide bonds. The van der Waals surface area contributed by atoms with Gasteiger partial charge in [0.2, 0.25) is 5.82 Å². The van der Waals surface area contributed by atoms with Crippen LogP contribution in [0.3, 0.4) is 0 Å². The first-order valence-electron chi connectivity index (χ1n) is 6.52. The second-order valence-electron chi connectivity index (χ2n) is 5.12. The highest BCUT2D eigenvalue weighted by Crippen LogP contribution is 2.30. The molecular weight excluding hydrogens is 232 g/mol. The predicted octanol–water partition coefficient (Wildman–Crippen LogP) is 2.71. The van der Waals surface area contributed by atoms with Gasteiger partial charge in [0.15, 0.2) is 0 Å². The summed E-state index contributed by atoms with van der Waals surface area (Å²) in [5.41, 5.74) is 0.0557. The summed E-state index contributed by atoms with van der Waals surface area (Å²) in [7, 11) is 1.70. The van der Waals surface area contributed by atoms with Crippen molar-refractivity contribution in [2.75, 3.05) is 5.32 Å². The third-order valence-corrected chi connectivity index (χ3v) is 3.73. The van der Waals surface area contributed by atoms with Crippen LogP contribution in [0.1, 0.15) is 39.0 Å². The Balaban J connectivity index is 2.05. The number of aryl methyl sites for hydroxylation is 1. The van der Waals surface area contributed by atoms with Gasteiger partial charge in [-0.25, -0.2) is 0 Å². The van der Waals surface area contributed by atoms with Gasteiger partial charge >= 0.3 is 5.69 Å². The van der Waals surface area contributed by atoms with Crippen molar-refractivity contribution in [1.82, 2.24) is 9.78 Å². The molecule has 0 saturated heterocycles. The predicted molar refractivity (Wildman–Crippen MR) is 69.5 cm³/mol. The second-order valence-corrected chi connectivity index (χ2v) is 5.12. The maximum atomic E-state index is 10.9. The van der Waals surface area contributed by atoms with Crippen molar-refractivity contribution >= 4 is 11.5 Å². The summed E-state index contributed by atoms with van der Waals surface area (Å²) in [5.74, 6) is 0.987. The van der Waals surface area contributed by atoms with E-state index in [1.165, 1.54) is 43.0 Å². The van der Waals surface area contributed by atoms with Crippen LogP contribution in [0.25, 0.3) is 0 Å². The number of hydrogen-bond donors (Lipinski definition) is 1. The highest BCUT2D eigenvalue weighted by Gasteiger charge is 2.24. The van der Waals surface area contributed by atoms with Crippen LogP contribution in [0.4, 0.5) is 11.5 Å². The highest BCUT2D eigenvalue weighted by molar-refractivity contribution is 5.55. The second kappa shape index (κ2) is 5.37. The van der Waals surface area contributed by atoms with Crippen LogP contribution in [0, 0.1) is 16.0 Å². The van der Waals surface area contributed by atoms with Gasteiger partial charge in [-0.05, 0) is 25.7 Å². The Labute approximate surface area is 107 Å². The van der Waals surface area contributed by atoms with Crippen LogP contribution in [0.5, 0.6) is 0 Å². The molecule has 0 aliphatic heterocycles. The minimum absolute atomic E-state index is 0.0557. The number of nitro groups is 1. The Bertz CT molecular complexity index is 424. The first kappa shape index (κ1) is 12.9. The zero-order valence-corrected chi connectivity index (χ0v) is 10.9. The summed E-state index contributed by atoms with van der Waals surface area (Å²) >= 11 is 0. The van der Waals surface area contributed by atoms with Gasteiger partial charge in [0.1, 0.15) is 6.20 Å². The average molecular weight is 252 g/mol. The maximum Gasteiger partial charge on any atom is 0.330 e. The van der Waals surface area contributed by atoms with Crippen LogP contribution in [-0.4, -0.2) is 20.7 Å². The van der Waals surface area contributed by atoms with Crippen molar-refractivity contribution in [3.8, 4) is 0 Å². The molecule has 1 N–H and O–H groups in total. The quantitative estimate of drug-likeness (QED) is 0.660. The van der Waals surface area contributed by atoms with Crippen molar-refractivity contribution in [2.24, 2.45) is 13.0 Å². The monoisotopic (exact) mass is 252 g/mol. The molecule has 1 aromatic rings. The lowest BCUT2D eigenvalue weighted by molar-refractivity contribution is -0.384. The minimum atomic E-state index is -0.386. The molecule has 6 heteroatoms. The fraction of sp³-hybridized carbons (Fsp3) is 0.750. The van der Waals surface area contributed by atoms with E-state index in [1.807, 2.05) is 0 Å². The van der Waals surface area contributed by atoms with Gasteiger partial charge in [-0.2, -0.15) is 0 Å². The lowest BCUT2D eigenvalue weighted by Crippen LogP contribution is -2.28. The number of anilines is 1. The van der Waals surface area contributed by atoms with E-state index in [1.54, 1.807) is 7.05 Å². The van der Waals surface area contributed by atoms with Crippen LogP contribution in [0.15, 0.2) is 6.20 Å². The fourth-order valence-electron chi connectivity index (χ4n) is 2.68. The van der Waals surface area contributed by atoms with E-state index < -0.39 is 0 Å². The molecule has 0 spiro atoms. The van der Waals surface area contributed by atoms with Crippen LogP contribution >= 0.6 is 0 Å².